The lowest BCUT2D eigenvalue weighted by Gasteiger charge is -2.12. The first-order valence-electron chi connectivity index (χ1n) is 10.8. The SMILES string of the molecule is CCCCCn1c2c(c(=O)n3c(CCc4nc(-c5ccccc5)no4)nnc13)CC(Br)=N2. The number of benzene rings is 1. The molecule has 0 aliphatic carbocycles. The van der Waals surface area contributed by atoms with Crippen molar-refractivity contribution in [3.05, 3.63) is 58.0 Å². The summed E-state index contributed by atoms with van der Waals surface area (Å²) in [5.74, 6) is 2.84. The second-order valence-electron chi connectivity index (χ2n) is 7.76. The Kier molecular flexibility index (Phi) is 5.69. The maximum Gasteiger partial charge on any atom is 0.266 e. The Morgan fingerprint density at radius 3 is 2.78 bits per heavy atom. The summed E-state index contributed by atoms with van der Waals surface area (Å²) in [6, 6.07) is 9.67. The lowest BCUT2D eigenvalue weighted by atomic mass is 10.2. The van der Waals surface area contributed by atoms with Crippen LogP contribution in [0.25, 0.3) is 17.2 Å². The van der Waals surface area contributed by atoms with Crippen LogP contribution in [0.5, 0.6) is 0 Å². The van der Waals surface area contributed by atoms with Crippen LogP contribution in [0, 0.1) is 0 Å². The fourth-order valence-electron chi connectivity index (χ4n) is 3.93. The van der Waals surface area contributed by atoms with E-state index >= 15 is 0 Å². The second kappa shape index (κ2) is 8.78. The van der Waals surface area contributed by atoms with Gasteiger partial charge in [-0.3, -0.25) is 9.36 Å². The molecule has 0 fully saturated rings. The highest BCUT2D eigenvalue weighted by molar-refractivity contribution is 9.18. The summed E-state index contributed by atoms with van der Waals surface area (Å²) in [4.78, 5) is 22.3. The topological polar surface area (TPSA) is 103 Å². The van der Waals surface area contributed by atoms with Crippen LogP contribution in [0.15, 0.2) is 44.6 Å². The molecular formula is C22H22BrN7O2. The van der Waals surface area contributed by atoms with E-state index in [-0.39, 0.29) is 5.56 Å². The van der Waals surface area contributed by atoms with Crippen LogP contribution in [-0.4, -0.2) is 33.9 Å². The molecule has 10 heteroatoms. The van der Waals surface area contributed by atoms with E-state index < -0.39 is 0 Å². The maximum absolute atomic E-state index is 13.3. The quantitative estimate of drug-likeness (QED) is 0.343. The van der Waals surface area contributed by atoms with E-state index in [0.717, 1.165) is 36.0 Å². The zero-order chi connectivity index (χ0) is 22.1. The van der Waals surface area contributed by atoms with Crippen molar-refractivity contribution in [1.82, 2.24) is 29.3 Å². The Labute approximate surface area is 192 Å². The highest BCUT2D eigenvalue weighted by Crippen LogP contribution is 2.28. The lowest BCUT2D eigenvalue weighted by Crippen LogP contribution is -2.24. The normalized spacial score (nSPS) is 13.0. The Morgan fingerprint density at radius 2 is 1.97 bits per heavy atom. The van der Waals surface area contributed by atoms with E-state index in [0.29, 0.717) is 54.0 Å². The standard InChI is InChI=1S/C22H22BrN7O2/c1-2-3-7-12-29-20-15(13-16(23)24-20)21(31)30-17(26-27-22(29)30)10-11-18-25-19(28-32-18)14-8-5-4-6-9-14/h4-6,8-9H,2-3,7,10-13H2,1H3. The third kappa shape index (κ3) is 3.79. The summed E-state index contributed by atoms with van der Waals surface area (Å²) in [6.45, 7) is 2.90. The molecule has 0 atom stereocenters. The summed E-state index contributed by atoms with van der Waals surface area (Å²) in [5.41, 5.74) is 1.45. The first-order chi connectivity index (χ1) is 15.7. The largest absolute Gasteiger partial charge is 0.339 e. The summed E-state index contributed by atoms with van der Waals surface area (Å²) in [5, 5.41) is 12.7. The zero-order valence-corrected chi connectivity index (χ0v) is 19.2. The minimum absolute atomic E-state index is 0.115. The van der Waals surface area contributed by atoms with E-state index in [1.165, 1.54) is 0 Å². The van der Waals surface area contributed by atoms with Crippen LogP contribution < -0.4 is 5.56 Å². The van der Waals surface area contributed by atoms with E-state index in [1.54, 1.807) is 4.40 Å². The molecule has 4 aromatic rings. The van der Waals surface area contributed by atoms with Gasteiger partial charge in [0.05, 0.1) is 10.2 Å². The van der Waals surface area contributed by atoms with Crippen molar-refractivity contribution in [1.29, 1.82) is 0 Å². The van der Waals surface area contributed by atoms with Gasteiger partial charge < -0.3 is 4.52 Å². The van der Waals surface area contributed by atoms with Crippen molar-refractivity contribution >= 4 is 32.1 Å². The van der Waals surface area contributed by atoms with Crippen molar-refractivity contribution in [2.24, 2.45) is 4.99 Å². The number of hydrogen-bond donors (Lipinski definition) is 0. The Bertz CT molecular complexity index is 1350. The average molecular weight is 496 g/mol. The van der Waals surface area contributed by atoms with Gasteiger partial charge in [0.2, 0.25) is 17.5 Å². The molecule has 3 aromatic heterocycles. The van der Waals surface area contributed by atoms with Gasteiger partial charge in [-0.2, -0.15) is 4.98 Å². The molecule has 32 heavy (non-hydrogen) atoms. The van der Waals surface area contributed by atoms with Gasteiger partial charge in [-0.15, -0.1) is 10.2 Å². The van der Waals surface area contributed by atoms with Crippen molar-refractivity contribution < 1.29 is 4.52 Å². The van der Waals surface area contributed by atoms with Crippen LogP contribution in [0.2, 0.25) is 0 Å². The molecule has 0 saturated carbocycles. The zero-order valence-electron chi connectivity index (χ0n) is 17.7. The van der Waals surface area contributed by atoms with Crippen LogP contribution >= 0.6 is 15.9 Å². The molecule has 164 valence electrons. The number of halogens is 1. The van der Waals surface area contributed by atoms with Gasteiger partial charge >= 0.3 is 0 Å². The molecule has 0 spiro atoms. The Hall–Kier alpha value is -3.14. The van der Waals surface area contributed by atoms with Gasteiger partial charge in [0.1, 0.15) is 11.6 Å². The van der Waals surface area contributed by atoms with Crippen LogP contribution in [0.4, 0.5) is 5.82 Å². The van der Waals surface area contributed by atoms with Gasteiger partial charge in [-0.25, -0.2) is 9.39 Å². The fourth-order valence-corrected chi connectivity index (χ4v) is 4.38. The van der Waals surface area contributed by atoms with Crippen LogP contribution in [0.1, 0.15) is 43.5 Å². The number of aliphatic imine (C=N–C) groups is 1. The summed E-state index contributed by atoms with van der Waals surface area (Å²) >= 11 is 3.46. The summed E-state index contributed by atoms with van der Waals surface area (Å²) < 4.78 is 9.79. The molecule has 0 N–H and O–H groups in total. The highest BCUT2D eigenvalue weighted by Gasteiger charge is 2.25. The van der Waals surface area contributed by atoms with Gasteiger partial charge in [0.25, 0.3) is 5.56 Å². The first-order valence-corrected chi connectivity index (χ1v) is 11.6. The van der Waals surface area contributed by atoms with Crippen molar-refractivity contribution in [3.63, 3.8) is 0 Å². The number of aromatic nitrogens is 6. The minimum Gasteiger partial charge on any atom is -0.339 e. The lowest BCUT2D eigenvalue weighted by molar-refractivity contribution is 0.378. The molecule has 4 heterocycles. The molecule has 0 radical (unpaired) electrons. The molecule has 1 aromatic carbocycles. The number of nitrogens with zero attached hydrogens (tertiary/aromatic N) is 7. The molecule has 0 amide bonds. The van der Waals surface area contributed by atoms with Crippen LogP contribution in [0.3, 0.4) is 0 Å². The molecule has 0 unspecified atom stereocenters. The summed E-state index contributed by atoms with van der Waals surface area (Å²) in [7, 11) is 0. The van der Waals surface area contributed by atoms with Gasteiger partial charge in [-0.05, 0) is 22.4 Å². The van der Waals surface area contributed by atoms with E-state index in [4.69, 9.17) is 4.52 Å². The Morgan fingerprint density at radius 1 is 1.12 bits per heavy atom. The molecule has 1 aliphatic heterocycles. The molecule has 0 bridgehead atoms. The number of rotatable bonds is 8. The molecule has 0 saturated heterocycles. The first kappa shape index (κ1) is 20.7. The third-order valence-electron chi connectivity index (χ3n) is 5.54. The average Bonchev–Trinajstić information content (AvgIpc) is 3.53. The third-order valence-corrected chi connectivity index (χ3v) is 6.00. The minimum atomic E-state index is -0.115. The van der Waals surface area contributed by atoms with Crippen molar-refractivity contribution in [2.75, 3.05) is 0 Å². The van der Waals surface area contributed by atoms with Gasteiger partial charge in [-0.1, -0.05) is 55.3 Å². The number of aryl methyl sites for hydroxylation is 3. The predicted molar refractivity (Wildman–Crippen MR) is 124 cm³/mol. The fraction of sp³-hybridized carbons (Fsp3) is 0.364. The maximum atomic E-state index is 13.3. The number of fused-ring (bicyclic) bond motifs is 2. The predicted octanol–water partition coefficient (Wildman–Crippen LogP) is 3.90. The molecule has 1 aliphatic rings. The highest BCUT2D eigenvalue weighted by atomic mass is 79.9. The molecule has 5 rings (SSSR count). The van der Waals surface area contributed by atoms with E-state index in [9.17, 15) is 4.79 Å². The van der Waals surface area contributed by atoms with Gasteiger partial charge in [0.15, 0.2) is 0 Å². The van der Waals surface area contributed by atoms with Crippen molar-refractivity contribution in [3.8, 4) is 11.4 Å². The van der Waals surface area contributed by atoms with E-state index in [2.05, 4.69) is 48.2 Å². The summed E-state index contributed by atoms with van der Waals surface area (Å²) in [6.07, 6.45) is 4.61. The smallest absolute Gasteiger partial charge is 0.266 e. The second-order valence-corrected chi connectivity index (χ2v) is 8.68. The monoisotopic (exact) mass is 495 g/mol. The van der Waals surface area contributed by atoms with Gasteiger partial charge in [0, 0.05) is 31.4 Å². The van der Waals surface area contributed by atoms with Crippen molar-refractivity contribution in [2.45, 2.75) is 52.0 Å². The molecular weight excluding hydrogens is 474 g/mol. The van der Waals surface area contributed by atoms with Crippen LogP contribution in [-0.2, 0) is 25.8 Å². The van der Waals surface area contributed by atoms with E-state index in [1.807, 2.05) is 34.9 Å². The number of hydrogen-bond acceptors (Lipinski definition) is 7. The molecule has 9 nitrogen and oxygen atoms in total. The number of unbranched alkanes of at least 4 members (excludes halogenated alkanes) is 2. The Balaban J connectivity index is 1.45.